The number of hydrogen-bond acceptors (Lipinski definition) is 7. The molecule has 2 saturated heterocycles. The van der Waals surface area contributed by atoms with Gasteiger partial charge in [-0.3, -0.25) is 4.90 Å². The summed E-state index contributed by atoms with van der Waals surface area (Å²) in [6, 6.07) is 9.35. The van der Waals surface area contributed by atoms with Crippen molar-refractivity contribution in [2.75, 3.05) is 56.2 Å². The maximum absolute atomic E-state index is 13.1. The number of nitrogens with zero attached hydrogens (tertiary/aromatic N) is 7. The van der Waals surface area contributed by atoms with Crippen molar-refractivity contribution in [2.24, 2.45) is 0 Å². The Labute approximate surface area is 168 Å². The van der Waals surface area contributed by atoms with Crippen LogP contribution < -0.4 is 9.80 Å². The zero-order chi connectivity index (χ0) is 19.8. The topological polar surface area (TPSA) is 62.0 Å². The lowest BCUT2D eigenvalue weighted by Crippen LogP contribution is -2.63. The molecule has 0 unspecified atom stereocenters. The second-order valence-electron chi connectivity index (χ2n) is 7.57. The van der Waals surface area contributed by atoms with E-state index in [0.717, 1.165) is 56.5 Å². The van der Waals surface area contributed by atoms with E-state index in [0.29, 0.717) is 18.4 Å². The molecular formula is C20H24FN7O. The van der Waals surface area contributed by atoms with Crippen molar-refractivity contribution in [1.29, 1.82) is 0 Å². The Morgan fingerprint density at radius 1 is 1.07 bits per heavy atom. The third-order valence-electron chi connectivity index (χ3n) is 5.79. The van der Waals surface area contributed by atoms with Gasteiger partial charge in [0.25, 0.3) is 5.78 Å². The Morgan fingerprint density at radius 3 is 2.55 bits per heavy atom. The van der Waals surface area contributed by atoms with E-state index in [1.807, 2.05) is 18.2 Å². The summed E-state index contributed by atoms with van der Waals surface area (Å²) in [5.41, 5.74) is 1.96. The first kappa shape index (κ1) is 18.3. The van der Waals surface area contributed by atoms with Gasteiger partial charge in [0.1, 0.15) is 18.0 Å². The third kappa shape index (κ3) is 3.51. The first-order valence-corrected chi connectivity index (χ1v) is 9.89. The molecular weight excluding hydrogens is 373 g/mol. The minimum absolute atomic E-state index is 0.187. The number of benzene rings is 1. The molecule has 152 valence electrons. The van der Waals surface area contributed by atoms with Crippen molar-refractivity contribution in [2.45, 2.75) is 12.6 Å². The van der Waals surface area contributed by atoms with Crippen LogP contribution in [0.5, 0.6) is 0 Å². The van der Waals surface area contributed by atoms with Gasteiger partial charge in [0.2, 0.25) is 0 Å². The quantitative estimate of drug-likeness (QED) is 0.645. The molecule has 4 heterocycles. The standard InChI is InChI=1S/C20H24FN7O/c1-29-13-16-10-19(28-20(24-16)22-14-23-28)27-11-18(12-27)26-8-6-25(7-9-26)17-4-2-15(21)3-5-17/h2-5,10,14,18H,6-9,11-13H2,1H3. The molecule has 0 amide bonds. The molecule has 2 aliphatic heterocycles. The number of methoxy groups -OCH3 is 1. The van der Waals surface area contributed by atoms with E-state index in [2.05, 4.69) is 29.8 Å². The molecule has 2 aromatic heterocycles. The van der Waals surface area contributed by atoms with E-state index in [4.69, 9.17) is 4.74 Å². The normalized spacial score (nSPS) is 18.4. The molecule has 29 heavy (non-hydrogen) atoms. The number of fused-ring (bicyclic) bond motifs is 1. The second-order valence-corrected chi connectivity index (χ2v) is 7.57. The Kier molecular flexibility index (Phi) is 4.76. The highest BCUT2D eigenvalue weighted by molar-refractivity contribution is 5.50. The van der Waals surface area contributed by atoms with E-state index in [-0.39, 0.29) is 5.82 Å². The predicted molar refractivity (Wildman–Crippen MR) is 108 cm³/mol. The molecule has 8 nitrogen and oxygen atoms in total. The Hall–Kier alpha value is -2.78. The van der Waals surface area contributed by atoms with Crippen LogP contribution in [-0.2, 0) is 11.3 Å². The molecule has 0 N–H and O–H groups in total. The van der Waals surface area contributed by atoms with E-state index < -0.39 is 0 Å². The molecule has 0 spiro atoms. The van der Waals surface area contributed by atoms with Crippen LogP contribution in [0.1, 0.15) is 5.69 Å². The number of piperazine rings is 1. The first-order valence-electron chi connectivity index (χ1n) is 9.89. The maximum atomic E-state index is 13.1. The lowest BCUT2D eigenvalue weighted by atomic mass is 10.1. The highest BCUT2D eigenvalue weighted by Crippen LogP contribution is 2.26. The average molecular weight is 397 g/mol. The van der Waals surface area contributed by atoms with Crippen LogP contribution in [0.3, 0.4) is 0 Å². The monoisotopic (exact) mass is 397 g/mol. The van der Waals surface area contributed by atoms with Crippen molar-refractivity contribution in [1.82, 2.24) is 24.5 Å². The van der Waals surface area contributed by atoms with Crippen molar-refractivity contribution in [3.05, 3.63) is 48.2 Å². The largest absolute Gasteiger partial charge is 0.378 e. The number of rotatable bonds is 5. The Morgan fingerprint density at radius 2 is 1.83 bits per heavy atom. The molecule has 0 radical (unpaired) electrons. The van der Waals surface area contributed by atoms with Gasteiger partial charge >= 0.3 is 0 Å². The average Bonchev–Trinajstić information content (AvgIpc) is 3.17. The van der Waals surface area contributed by atoms with Gasteiger partial charge in [0.15, 0.2) is 0 Å². The summed E-state index contributed by atoms with van der Waals surface area (Å²) >= 11 is 0. The fraction of sp³-hybridized carbons (Fsp3) is 0.450. The molecule has 0 bridgehead atoms. The zero-order valence-corrected chi connectivity index (χ0v) is 16.4. The van der Waals surface area contributed by atoms with Crippen LogP contribution in [0.15, 0.2) is 36.7 Å². The van der Waals surface area contributed by atoms with Gasteiger partial charge in [-0.15, -0.1) is 0 Å². The summed E-state index contributed by atoms with van der Waals surface area (Å²) in [5.74, 6) is 1.43. The highest BCUT2D eigenvalue weighted by Gasteiger charge is 2.35. The number of ether oxygens (including phenoxy) is 1. The van der Waals surface area contributed by atoms with Crippen LogP contribution in [0, 0.1) is 5.82 Å². The first-order chi connectivity index (χ1) is 14.2. The van der Waals surface area contributed by atoms with E-state index in [1.165, 1.54) is 18.5 Å². The number of hydrogen-bond donors (Lipinski definition) is 0. The lowest BCUT2D eigenvalue weighted by Gasteiger charge is -2.49. The minimum atomic E-state index is -0.187. The fourth-order valence-corrected chi connectivity index (χ4v) is 4.16. The highest BCUT2D eigenvalue weighted by atomic mass is 19.1. The summed E-state index contributed by atoms with van der Waals surface area (Å²) < 4.78 is 20.2. The van der Waals surface area contributed by atoms with E-state index >= 15 is 0 Å². The number of aromatic nitrogens is 4. The van der Waals surface area contributed by atoms with E-state index in [9.17, 15) is 4.39 Å². The van der Waals surface area contributed by atoms with Crippen LogP contribution in [0.25, 0.3) is 5.78 Å². The van der Waals surface area contributed by atoms with Crippen molar-refractivity contribution in [3.63, 3.8) is 0 Å². The van der Waals surface area contributed by atoms with Gasteiger partial charge in [-0.1, -0.05) is 0 Å². The summed E-state index contributed by atoms with van der Waals surface area (Å²) in [5, 5.41) is 4.32. The molecule has 0 atom stereocenters. The van der Waals surface area contributed by atoms with Crippen LogP contribution in [0.4, 0.5) is 15.9 Å². The Balaban J connectivity index is 1.21. The molecule has 1 aromatic carbocycles. The fourth-order valence-electron chi connectivity index (χ4n) is 4.16. The molecule has 2 fully saturated rings. The van der Waals surface area contributed by atoms with Crippen LogP contribution in [-0.4, -0.2) is 76.9 Å². The Bertz CT molecular complexity index is 978. The van der Waals surface area contributed by atoms with E-state index in [1.54, 1.807) is 11.6 Å². The third-order valence-corrected chi connectivity index (χ3v) is 5.79. The van der Waals surface area contributed by atoms with Gasteiger partial charge in [-0.25, -0.2) is 9.37 Å². The molecule has 5 rings (SSSR count). The SMILES string of the molecule is COCc1cc(N2CC(N3CCN(c4ccc(F)cc4)CC3)C2)n2ncnc2n1. The smallest absolute Gasteiger partial charge is 0.254 e. The van der Waals surface area contributed by atoms with Gasteiger partial charge in [-0.2, -0.15) is 14.6 Å². The maximum Gasteiger partial charge on any atom is 0.254 e. The summed E-state index contributed by atoms with van der Waals surface area (Å²) in [4.78, 5) is 15.9. The van der Waals surface area contributed by atoms with Gasteiger partial charge < -0.3 is 14.5 Å². The molecule has 3 aromatic rings. The zero-order valence-electron chi connectivity index (χ0n) is 16.4. The molecule has 9 heteroatoms. The second kappa shape index (κ2) is 7.57. The lowest BCUT2D eigenvalue weighted by molar-refractivity contribution is 0.156. The van der Waals surface area contributed by atoms with Crippen LogP contribution >= 0.6 is 0 Å². The van der Waals surface area contributed by atoms with Gasteiger partial charge in [-0.05, 0) is 24.3 Å². The summed E-state index contributed by atoms with van der Waals surface area (Å²) in [6.45, 7) is 6.33. The van der Waals surface area contributed by atoms with Crippen molar-refractivity contribution in [3.8, 4) is 0 Å². The predicted octanol–water partition coefficient (Wildman–Crippen LogP) is 1.42. The van der Waals surface area contributed by atoms with Crippen molar-refractivity contribution < 1.29 is 9.13 Å². The van der Waals surface area contributed by atoms with Crippen LogP contribution in [0.2, 0.25) is 0 Å². The number of anilines is 2. The van der Waals surface area contributed by atoms with Gasteiger partial charge in [0.05, 0.1) is 12.3 Å². The molecule has 0 aliphatic carbocycles. The summed E-state index contributed by atoms with van der Waals surface area (Å²) in [6.07, 6.45) is 1.54. The van der Waals surface area contributed by atoms with Gasteiger partial charge in [0, 0.05) is 64.2 Å². The van der Waals surface area contributed by atoms with Crippen molar-refractivity contribution >= 4 is 17.3 Å². The summed E-state index contributed by atoms with van der Waals surface area (Å²) in [7, 11) is 1.67. The molecule has 0 saturated carbocycles. The minimum Gasteiger partial charge on any atom is -0.378 e. The number of halogens is 1. The molecule has 2 aliphatic rings.